The fourth-order valence-electron chi connectivity index (χ4n) is 7.05. The molecule has 4 rings (SSSR count). The van der Waals surface area contributed by atoms with Crippen molar-refractivity contribution < 1.29 is 30.2 Å². The summed E-state index contributed by atoms with van der Waals surface area (Å²) < 4.78 is 73.2. The van der Waals surface area contributed by atoms with Gasteiger partial charge in [-0.25, -0.2) is 0 Å². The zero-order valence-corrected chi connectivity index (χ0v) is 21.4. The fourth-order valence-corrected chi connectivity index (χ4v) is 8.84. The van der Waals surface area contributed by atoms with E-state index >= 15 is 0 Å². The van der Waals surface area contributed by atoms with Gasteiger partial charge in [0.2, 0.25) is 0 Å². The van der Waals surface area contributed by atoms with Crippen LogP contribution in [0.5, 0.6) is 0 Å². The summed E-state index contributed by atoms with van der Waals surface area (Å²) in [5, 5.41) is 0. The van der Waals surface area contributed by atoms with E-state index < -0.39 is 29.4 Å². The van der Waals surface area contributed by atoms with Gasteiger partial charge in [0.05, 0.1) is 0 Å². The molecule has 2 fully saturated rings. The van der Waals surface area contributed by atoms with Crippen LogP contribution in [-0.2, 0) is 18.7 Å². The smallest absolute Gasteiger partial charge is 0.414 e. The van der Waals surface area contributed by atoms with Gasteiger partial charge in [-0.05, 0) is 93.8 Å². The summed E-state index contributed by atoms with van der Waals surface area (Å²) in [7, 11) is -7.25. The number of allylic oxidation sites excluding steroid dienone is 3. The maximum absolute atomic E-state index is 12.9. The van der Waals surface area contributed by atoms with Crippen molar-refractivity contribution in [1.29, 1.82) is 0 Å². The minimum Gasteiger partial charge on any atom is -0.414 e. The molecule has 2 saturated carbocycles. The van der Waals surface area contributed by atoms with Gasteiger partial charge in [0, 0.05) is 11.5 Å². The normalized spacial score (nSPS) is 40.0. The minimum absolute atomic E-state index is 0.00884. The van der Waals surface area contributed by atoms with Crippen molar-refractivity contribution in [3.63, 3.8) is 0 Å². The molecular weight excluding hydrogens is 457 g/mol. The van der Waals surface area contributed by atoms with Crippen molar-refractivity contribution in [3.8, 4) is 0 Å². The Bertz CT molecular complexity index is 936. The topological polar surface area (TPSA) is 52.6 Å². The largest absolute Gasteiger partial charge is 0.534 e. The molecule has 0 amide bonds. The van der Waals surface area contributed by atoms with Gasteiger partial charge in [-0.1, -0.05) is 25.5 Å². The number of rotatable bonds is 4. The van der Waals surface area contributed by atoms with E-state index in [1.54, 1.807) is 6.08 Å². The molecule has 0 bridgehead atoms. The Kier molecular flexibility index (Phi) is 5.78. The number of hydrogen-bond acceptors (Lipinski definition) is 4. The highest BCUT2D eigenvalue weighted by Gasteiger charge is 2.59. The zero-order chi connectivity index (χ0) is 23.7. The first-order valence-corrected chi connectivity index (χ1v) is 16.5. The van der Waals surface area contributed by atoms with Crippen LogP contribution in [0.15, 0.2) is 23.5 Å². The molecule has 0 aromatic carbocycles. The van der Waals surface area contributed by atoms with Gasteiger partial charge in [-0.3, -0.25) is 0 Å². The maximum Gasteiger partial charge on any atom is 0.534 e. The van der Waals surface area contributed by atoms with Crippen molar-refractivity contribution >= 4 is 18.4 Å². The molecular formula is C23H35F3O4SSi. The maximum atomic E-state index is 12.9. The van der Waals surface area contributed by atoms with Crippen LogP contribution in [0.25, 0.3) is 0 Å². The van der Waals surface area contributed by atoms with Gasteiger partial charge in [-0.2, -0.15) is 21.6 Å². The van der Waals surface area contributed by atoms with Crippen LogP contribution in [0, 0.1) is 28.6 Å². The minimum atomic E-state index is -5.64. The van der Waals surface area contributed by atoms with Crippen molar-refractivity contribution in [2.75, 3.05) is 0 Å². The van der Waals surface area contributed by atoms with Gasteiger partial charge in [0.15, 0.2) is 8.32 Å². The van der Waals surface area contributed by atoms with E-state index in [9.17, 15) is 21.6 Å². The van der Waals surface area contributed by atoms with Crippen molar-refractivity contribution in [3.05, 3.63) is 23.5 Å². The first kappa shape index (κ1) is 24.3. The van der Waals surface area contributed by atoms with Crippen LogP contribution in [0.1, 0.15) is 58.8 Å². The fraction of sp³-hybridized carbons (Fsp3) is 0.826. The summed E-state index contributed by atoms with van der Waals surface area (Å²) >= 11 is 0. The Labute approximate surface area is 190 Å². The molecule has 0 aromatic heterocycles. The molecule has 1 unspecified atom stereocenters. The first-order chi connectivity index (χ1) is 14.6. The van der Waals surface area contributed by atoms with Crippen molar-refractivity contribution in [1.82, 2.24) is 0 Å². The lowest BCUT2D eigenvalue weighted by Crippen LogP contribution is -2.50. The summed E-state index contributed by atoms with van der Waals surface area (Å²) in [6.07, 6.45) is 10.3. The number of alkyl halides is 3. The molecule has 0 spiro atoms. The van der Waals surface area contributed by atoms with E-state index in [4.69, 9.17) is 4.43 Å². The average molecular weight is 493 g/mol. The van der Waals surface area contributed by atoms with Gasteiger partial charge < -0.3 is 8.61 Å². The summed E-state index contributed by atoms with van der Waals surface area (Å²) in [6.45, 7) is 10.9. The van der Waals surface area contributed by atoms with Crippen molar-refractivity contribution in [2.24, 2.45) is 28.6 Å². The predicted octanol–water partition coefficient (Wildman–Crippen LogP) is 6.53. The summed E-state index contributed by atoms with van der Waals surface area (Å²) in [5.41, 5.74) is -4.50. The molecule has 0 heterocycles. The Morgan fingerprint density at radius 2 is 1.66 bits per heavy atom. The van der Waals surface area contributed by atoms with Crippen LogP contribution in [0.3, 0.4) is 0 Å². The summed E-state index contributed by atoms with van der Waals surface area (Å²) in [6, 6.07) is 0. The highest BCUT2D eigenvalue weighted by Crippen LogP contribution is 2.65. The lowest BCUT2D eigenvalue weighted by molar-refractivity contribution is -0.0582. The van der Waals surface area contributed by atoms with E-state index in [0.29, 0.717) is 24.7 Å². The van der Waals surface area contributed by atoms with Gasteiger partial charge in [0.25, 0.3) is 0 Å². The van der Waals surface area contributed by atoms with Gasteiger partial charge >= 0.3 is 15.6 Å². The third kappa shape index (κ3) is 4.00. The molecule has 9 heteroatoms. The van der Waals surface area contributed by atoms with Crippen LogP contribution < -0.4 is 0 Å². The highest BCUT2D eigenvalue weighted by atomic mass is 32.2. The molecule has 0 radical (unpaired) electrons. The second-order valence-electron chi connectivity index (χ2n) is 11.6. The SMILES string of the molecule is C[C@]12CC[C@H](O[Si](C)(C)C)CC1=CCC1[C@@H]2CC[C@]2(C)C(OS(=O)(=O)C(F)(F)F)=CC[C@@H]12. The molecule has 4 aliphatic rings. The molecule has 4 aliphatic carbocycles. The second kappa shape index (κ2) is 7.60. The standard InChI is InChI=1S/C23H35F3O4SSi/c1-21-12-10-16(30-32(3,4)5)14-15(21)6-7-17-18-8-9-20(22(18,2)13-11-19(17)21)29-31(27,28)23(24,25)26/h6,9,16-19H,7-8,10-14H2,1-5H3/t16-,17?,18-,19-,21-,22-/m0/s1. The van der Waals surface area contributed by atoms with Crippen LogP contribution in [0.4, 0.5) is 13.2 Å². The van der Waals surface area contributed by atoms with E-state index in [0.717, 1.165) is 32.1 Å². The number of fused-ring (bicyclic) bond motifs is 5. The molecule has 182 valence electrons. The lowest BCUT2D eigenvalue weighted by atomic mass is 9.48. The van der Waals surface area contributed by atoms with E-state index in [1.165, 1.54) is 5.57 Å². The third-order valence-electron chi connectivity index (χ3n) is 8.57. The zero-order valence-electron chi connectivity index (χ0n) is 19.6. The van der Waals surface area contributed by atoms with Gasteiger partial charge in [-0.15, -0.1) is 0 Å². The van der Waals surface area contributed by atoms with Crippen LogP contribution in [-0.4, -0.2) is 28.3 Å². The second-order valence-corrected chi connectivity index (χ2v) is 17.6. The van der Waals surface area contributed by atoms with Crippen LogP contribution in [0.2, 0.25) is 19.6 Å². The number of halogens is 3. The van der Waals surface area contributed by atoms with Gasteiger partial charge in [0.1, 0.15) is 5.76 Å². The van der Waals surface area contributed by atoms with E-state index in [-0.39, 0.29) is 23.2 Å². The third-order valence-corrected chi connectivity index (χ3v) is 10.6. The van der Waals surface area contributed by atoms with Crippen LogP contribution >= 0.6 is 0 Å². The van der Waals surface area contributed by atoms with E-state index in [1.807, 2.05) is 6.92 Å². The number of hydrogen-bond donors (Lipinski definition) is 0. The predicted molar refractivity (Wildman–Crippen MR) is 119 cm³/mol. The molecule has 6 atom stereocenters. The Balaban J connectivity index is 1.54. The first-order valence-electron chi connectivity index (χ1n) is 11.7. The highest BCUT2D eigenvalue weighted by molar-refractivity contribution is 7.87. The van der Waals surface area contributed by atoms with E-state index in [2.05, 4.69) is 36.8 Å². The lowest BCUT2D eigenvalue weighted by Gasteiger charge is -2.57. The average Bonchev–Trinajstić information content (AvgIpc) is 2.96. The molecule has 0 aromatic rings. The van der Waals surface area contributed by atoms with Crippen molar-refractivity contribution in [2.45, 2.75) is 90.0 Å². The molecule has 4 nitrogen and oxygen atoms in total. The quantitative estimate of drug-likeness (QED) is 0.194. The molecule has 0 saturated heterocycles. The Hall–Kier alpha value is -0.803. The summed E-state index contributed by atoms with van der Waals surface area (Å²) in [4.78, 5) is 0. The molecule has 0 N–H and O–H groups in total. The Morgan fingerprint density at radius 1 is 1.00 bits per heavy atom. The Morgan fingerprint density at radius 3 is 2.28 bits per heavy atom. The molecule has 0 aliphatic heterocycles. The summed E-state index contributed by atoms with van der Waals surface area (Å²) in [5.74, 6) is 0.874. The molecule has 32 heavy (non-hydrogen) atoms. The monoisotopic (exact) mass is 492 g/mol.